The summed E-state index contributed by atoms with van der Waals surface area (Å²) in [6.45, 7) is 1.92. The Morgan fingerprint density at radius 3 is 3.00 bits per heavy atom. The summed E-state index contributed by atoms with van der Waals surface area (Å²) < 4.78 is 10.7. The maximum atomic E-state index is 12.0. The van der Waals surface area contributed by atoms with E-state index in [1.165, 1.54) is 0 Å². The van der Waals surface area contributed by atoms with Crippen molar-refractivity contribution in [2.75, 3.05) is 20.1 Å². The van der Waals surface area contributed by atoms with Gasteiger partial charge in [0.2, 0.25) is 0 Å². The topological polar surface area (TPSA) is 55.6 Å². The predicted octanol–water partition coefficient (Wildman–Crippen LogP) is 2.66. The van der Waals surface area contributed by atoms with Gasteiger partial charge >= 0.3 is 5.97 Å². The first kappa shape index (κ1) is 14.4. The molecule has 2 aromatic rings. The molecule has 21 heavy (non-hydrogen) atoms. The number of rotatable bonds is 3. The molecule has 0 aliphatic carbocycles. The van der Waals surface area contributed by atoms with E-state index in [0.717, 1.165) is 31.3 Å². The third-order valence-electron chi connectivity index (χ3n) is 3.78. The average Bonchev–Trinajstić information content (AvgIpc) is 2.84. The SMILES string of the molecule is CN1CCC(OC(=O)Cc2noc3ccc(Cl)cc23)CC1. The van der Waals surface area contributed by atoms with Crippen molar-refractivity contribution in [2.24, 2.45) is 0 Å². The maximum Gasteiger partial charge on any atom is 0.312 e. The summed E-state index contributed by atoms with van der Waals surface area (Å²) in [6, 6.07) is 5.23. The smallest absolute Gasteiger partial charge is 0.312 e. The van der Waals surface area contributed by atoms with Crippen molar-refractivity contribution in [1.82, 2.24) is 10.1 Å². The van der Waals surface area contributed by atoms with Crippen LogP contribution in [0, 0.1) is 0 Å². The highest BCUT2D eigenvalue weighted by molar-refractivity contribution is 6.31. The normalized spacial score (nSPS) is 17.2. The van der Waals surface area contributed by atoms with Crippen LogP contribution in [-0.2, 0) is 16.0 Å². The van der Waals surface area contributed by atoms with Crippen LogP contribution in [0.5, 0.6) is 0 Å². The molecule has 1 fully saturated rings. The lowest BCUT2D eigenvalue weighted by Gasteiger charge is -2.28. The zero-order chi connectivity index (χ0) is 14.8. The van der Waals surface area contributed by atoms with Crippen LogP contribution in [0.2, 0.25) is 5.02 Å². The number of ether oxygens (including phenoxy) is 1. The van der Waals surface area contributed by atoms with Gasteiger partial charge in [0, 0.05) is 23.5 Å². The molecule has 1 saturated heterocycles. The zero-order valence-corrected chi connectivity index (χ0v) is 12.6. The maximum absolute atomic E-state index is 12.0. The van der Waals surface area contributed by atoms with E-state index in [-0.39, 0.29) is 18.5 Å². The minimum absolute atomic E-state index is 0.00968. The van der Waals surface area contributed by atoms with Gasteiger partial charge in [-0.05, 0) is 38.1 Å². The summed E-state index contributed by atoms with van der Waals surface area (Å²) in [5, 5.41) is 5.30. The first-order valence-corrected chi connectivity index (χ1v) is 7.41. The molecule has 2 heterocycles. The molecule has 0 amide bonds. The highest BCUT2D eigenvalue weighted by Gasteiger charge is 2.21. The Balaban J connectivity index is 1.65. The van der Waals surface area contributed by atoms with Crippen LogP contribution in [0.25, 0.3) is 11.0 Å². The number of esters is 1. The third kappa shape index (κ3) is 3.36. The summed E-state index contributed by atoms with van der Waals surface area (Å²) in [7, 11) is 2.07. The van der Waals surface area contributed by atoms with E-state index in [2.05, 4.69) is 17.1 Å². The van der Waals surface area contributed by atoms with Gasteiger partial charge in [-0.25, -0.2) is 0 Å². The first-order chi connectivity index (χ1) is 10.1. The van der Waals surface area contributed by atoms with Crippen molar-refractivity contribution in [3.63, 3.8) is 0 Å². The standard InChI is InChI=1S/C15H17ClN2O3/c1-18-6-4-11(5-7-18)20-15(19)9-13-12-8-10(16)2-3-14(12)21-17-13/h2-3,8,11H,4-7,9H2,1H3. The Morgan fingerprint density at radius 2 is 2.24 bits per heavy atom. The Labute approximate surface area is 127 Å². The summed E-state index contributed by atoms with van der Waals surface area (Å²) >= 11 is 5.96. The van der Waals surface area contributed by atoms with Gasteiger partial charge in [-0.3, -0.25) is 4.79 Å². The van der Waals surface area contributed by atoms with Gasteiger partial charge in [0.25, 0.3) is 0 Å². The van der Waals surface area contributed by atoms with Crippen molar-refractivity contribution < 1.29 is 14.1 Å². The number of fused-ring (bicyclic) bond motifs is 1. The fourth-order valence-electron chi connectivity index (χ4n) is 2.56. The van der Waals surface area contributed by atoms with Crippen LogP contribution in [-0.4, -0.2) is 42.3 Å². The number of likely N-dealkylation sites (tertiary alicyclic amines) is 1. The second kappa shape index (κ2) is 6.03. The van der Waals surface area contributed by atoms with Gasteiger partial charge in [-0.15, -0.1) is 0 Å². The minimum atomic E-state index is -0.264. The number of piperidine rings is 1. The summed E-state index contributed by atoms with van der Waals surface area (Å²) in [5.74, 6) is -0.264. The van der Waals surface area contributed by atoms with Gasteiger partial charge in [0.15, 0.2) is 5.58 Å². The Bertz CT molecular complexity index is 647. The van der Waals surface area contributed by atoms with Crippen LogP contribution >= 0.6 is 11.6 Å². The minimum Gasteiger partial charge on any atom is -0.462 e. The van der Waals surface area contributed by atoms with Crippen LogP contribution in [0.1, 0.15) is 18.5 Å². The molecule has 6 heteroatoms. The van der Waals surface area contributed by atoms with Gasteiger partial charge in [0.1, 0.15) is 11.8 Å². The molecule has 0 unspecified atom stereocenters. The van der Waals surface area contributed by atoms with Crippen LogP contribution in [0.15, 0.2) is 22.7 Å². The van der Waals surface area contributed by atoms with Gasteiger partial charge in [-0.2, -0.15) is 0 Å². The quantitative estimate of drug-likeness (QED) is 0.816. The Morgan fingerprint density at radius 1 is 1.48 bits per heavy atom. The fraction of sp³-hybridized carbons (Fsp3) is 0.467. The molecule has 0 bridgehead atoms. The molecule has 0 atom stereocenters. The zero-order valence-electron chi connectivity index (χ0n) is 11.8. The van der Waals surface area contributed by atoms with Gasteiger partial charge in [-0.1, -0.05) is 16.8 Å². The van der Waals surface area contributed by atoms with E-state index >= 15 is 0 Å². The second-order valence-electron chi connectivity index (χ2n) is 5.44. The summed E-state index contributed by atoms with van der Waals surface area (Å²) in [6.07, 6.45) is 1.89. The largest absolute Gasteiger partial charge is 0.462 e. The van der Waals surface area contributed by atoms with Crippen LogP contribution < -0.4 is 0 Å². The molecular formula is C15H17ClN2O3. The number of carbonyl (C=O) groups is 1. The van der Waals surface area contributed by atoms with Crippen molar-refractivity contribution in [1.29, 1.82) is 0 Å². The molecule has 5 nitrogen and oxygen atoms in total. The molecule has 1 aliphatic rings. The second-order valence-corrected chi connectivity index (χ2v) is 5.88. The van der Waals surface area contributed by atoms with Crippen molar-refractivity contribution in [2.45, 2.75) is 25.4 Å². The lowest BCUT2D eigenvalue weighted by Crippen LogP contribution is -2.35. The van der Waals surface area contributed by atoms with Gasteiger partial charge < -0.3 is 14.2 Å². The van der Waals surface area contributed by atoms with Crippen molar-refractivity contribution >= 4 is 28.5 Å². The van der Waals surface area contributed by atoms with Crippen LogP contribution in [0.4, 0.5) is 0 Å². The molecule has 1 aromatic heterocycles. The van der Waals surface area contributed by atoms with E-state index < -0.39 is 0 Å². The molecule has 0 saturated carbocycles. The van der Waals surface area contributed by atoms with Crippen molar-refractivity contribution in [3.05, 3.63) is 28.9 Å². The summed E-state index contributed by atoms with van der Waals surface area (Å²) in [4.78, 5) is 14.3. The average molecular weight is 309 g/mol. The number of nitrogens with zero attached hydrogens (tertiary/aromatic N) is 2. The molecule has 1 aliphatic heterocycles. The van der Waals surface area contributed by atoms with E-state index in [9.17, 15) is 4.79 Å². The highest BCUT2D eigenvalue weighted by Crippen LogP contribution is 2.23. The monoisotopic (exact) mass is 308 g/mol. The lowest BCUT2D eigenvalue weighted by atomic mass is 10.1. The highest BCUT2D eigenvalue weighted by atomic mass is 35.5. The van der Waals surface area contributed by atoms with Gasteiger partial charge in [0.05, 0.1) is 6.42 Å². The number of hydrogen-bond acceptors (Lipinski definition) is 5. The fourth-order valence-corrected chi connectivity index (χ4v) is 2.73. The van der Waals surface area contributed by atoms with E-state index in [1.807, 2.05) is 0 Å². The van der Waals surface area contributed by atoms with Crippen molar-refractivity contribution in [3.8, 4) is 0 Å². The molecule has 0 spiro atoms. The molecule has 3 rings (SSSR count). The van der Waals surface area contributed by atoms with E-state index in [0.29, 0.717) is 16.3 Å². The number of aromatic nitrogens is 1. The third-order valence-corrected chi connectivity index (χ3v) is 4.02. The molecule has 1 aromatic carbocycles. The van der Waals surface area contributed by atoms with E-state index in [4.69, 9.17) is 20.9 Å². The Kier molecular flexibility index (Phi) is 4.12. The Hall–Kier alpha value is -1.59. The predicted molar refractivity (Wildman–Crippen MR) is 79.3 cm³/mol. The van der Waals surface area contributed by atoms with E-state index in [1.54, 1.807) is 18.2 Å². The summed E-state index contributed by atoms with van der Waals surface area (Å²) in [5.41, 5.74) is 1.20. The molecule has 0 radical (unpaired) electrons. The number of carbonyl (C=O) groups excluding carboxylic acids is 1. The molecule has 112 valence electrons. The number of halogens is 1. The first-order valence-electron chi connectivity index (χ1n) is 7.03. The number of hydrogen-bond donors (Lipinski definition) is 0. The molecule has 0 N–H and O–H groups in total. The molecular weight excluding hydrogens is 292 g/mol. The lowest BCUT2D eigenvalue weighted by molar-refractivity contribution is -0.150. The van der Waals surface area contributed by atoms with Crippen LogP contribution in [0.3, 0.4) is 0 Å². The number of benzene rings is 1.